The van der Waals surface area contributed by atoms with E-state index >= 15 is 0 Å². The Hall–Kier alpha value is -2.70. The lowest BCUT2D eigenvalue weighted by atomic mass is 9.95. The molecule has 0 aliphatic heterocycles. The van der Waals surface area contributed by atoms with Crippen LogP contribution in [-0.2, 0) is 19.1 Å². The van der Waals surface area contributed by atoms with Gasteiger partial charge in [0.15, 0.2) is 12.4 Å². The smallest absolute Gasteiger partial charge is 0.306 e. The van der Waals surface area contributed by atoms with Crippen LogP contribution in [0.25, 0.3) is 0 Å². The van der Waals surface area contributed by atoms with E-state index in [9.17, 15) is 19.2 Å². The first kappa shape index (κ1) is 21.6. The van der Waals surface area contributed by atoms with Gasteiger partial charge in [-0.3, -0.25) is 19.2 Å². The third-order valence-corrected chi connectivity index (χ3v) is 4.67. The summed E-state index contributed by atoms with van der Waals surface area (Å²) in [5.41, 5.74) is 0.953. The molecule has 0 spiro atoms. The van der Waals surface area contributed by atoms with Crippen molar-refractivity contribution in [3.8, 4) is 0 Å². The SMILES string of the molecule is CC(=O)c1cccc(NC(=O)COC(=O)CCCC(=O)NC2CCCCC2)c1. The summed E-state index contributed by atoms with van der Waals surface area (Å²) in [7, 11) is 0. The van der Waals surface area contributed by atoms with Gasteiger partial charge in [0.05, 0.1) is 0 Å². The summed E-state index contributed by atoms with van der Waals surface area (Å²) in [4.78, 5) is 46.8. The fraction of sp³-hybridized carbons (Fsp3) is 0.524. The summed E-state index contributed by atoms with van der Waals surface area (Å²) in [6, 6.07) is 6.79. The van der Waals surface area contributed by atoms with E-state index in [2.05, 4.69) is 10.6 Å². The van der Waals surface area contributed by atoms with Crippen LogP contribution in [0, 0.1) is 0 Å². The molecule has 0 saturated heterocycles. The molecule has 7 nitrogen and oxygen atoms in total. The molecule has 1 aliphatic rings. The molecule has 2 rings (SSSR count). The second kappa shape index (κ2) is 11.2. The lowest BCUT2D eigenvalue weighted by molar-refractivity contribution is -0.147. The van der Waals surface area contributed by atoms with E-state index in [-0.39, 0.29) is 30.6 Å². The van der Waals surface area contributed by atoms with E-state index in [1.54, 1.807) is 24.3 Å². The van der Waals surface area contributed by atoms with E-state index in [1.807, 2.05) is 0 Å². The van der Waals surface area contributed by atoms with Crippen molar-refractivity contribution in [1.82, 2.24) is 5.32 Å². The molecule has 0 radical (unpaired) electrons. The summed E-state index contributed by atoms with van der Waals surface area (Å²) in [6.07, 6.45) is 6.33. The molecule has 2 amide bonds. The molecule has 0 atom stereocenters. The highest BCUT2D eigenvalue weighted by Gasteiger charge is 2.16. The average molecular weight is 388 g/mol. The zero-order valence-electron chi connectivity index (χ0n) is 16.3. The minimum Gasteiger partial charge on any atom is -0.456 e. The second-order valence-electron chi connectivity index (χ2n) is 7.10. The number of carbonyl (C=O) groups excluding carboxylic acids is 4. The van der Waals surface area contributed by atoms with Crippen LogP contribution >= 0.6 is 0 Å². The minimum atomic E-state index is -0.516. The van der Waals surface area contributed by atoms with Crippen LogP contribution in [-0.4, -0.2) is 36.2 Å². The zero-order valence-corrected chi connectivity index (χ0v) is 16.3. The van der Waals surface area contributed by atoms with Gasteiger partial charge >= 0.3 is 5.97 Å². The molecule has 0 heterocycles. The van der Waals surface area contributed by atoms with Crippen molar-refractivity contribution in [3.63, 3.8) is 0 Å². The molecule has 0 bridgehead atoms. The van der Waals surface area contributed by atoms with Crippen LogP contribution in [0.3, 0.4) is 0 Å². The van der Waals surface area contributed by atoms with Crippen molar-refractivity contribution in [2.75, 3.05) is 11.9 Å². The Morgan fingerprint density at radius 1 is 1.04 bits per heavy atom. The van der Waals surface area contributed by atoms with Gasteiger partial charge in [0.1, 0.15) is 0 Å². The number of ketones is 1. The van der Waals surface area contributed by atoms with Gasteiger partial charge in [0.2, 0.25) is 5.91 Å². The lowest BCUT2D eigenvalue weighted by Gasteiger charge is -2.22. The predicted octanol–water partition coefficient (Wildman–Crippen LogP) is 2.99. The first-order valence-corrected chi connectivity index (χ1v) is 9.80. The number of rotatable bonds is 9. The van der Waals surface area contributed by atoms with Crippen molar-refractivity contribution < 1.29 is 23.9 Å². The minimum absolute atomic E-state index is 0.0391. The van der Waals surface area contributed by atoms with Crippen LogP contribution < -0.4 is 10.6 Å². The number of benzene rings is 1. The Morgan fingerprint density at radius 2 is 1.79 bits per heavy atom. The number of carbonyl (C=O) groups is 4. The third kappa shape index (κ3) is 7.90. The standard InChI is InChI=1S/C21H28N2O5/c1-15(24)16-7-5-10-18(13-16)23-20(26)14-28-21(27)12-6-11-19(25)22-17-8-3-2-4-9-17/h5,7,10,13,17H,2-4,6,8-9,11-12,14H2,1H3,(H,22,25)(H,23,26). The Labute approximate surface area is 165 Å². The van der Waals surface area contributed by atoms with Gasteiger partial charge in [0.25, 0.3) is 5.91 Å². The van der Waals surface area contributed by atoms with Crippen molar-refractivity contribution in [3.05, 3.63) is 29.8 Å². The molecular weight excluding hydrogens is 360 g/mol. The number of anilines is 1. The first-order chi connectivity index (χ1) is 13.4. The van der Waals surface area contributed by atoms with Gasteiger partial charge < -0.3 is 15.4 Å². The van der Waals surface area contributed by atoms with Gasteiger partial charge in [0, 0.05) is 30.1 Å². The molecule has 1 saturated carbocycles. The third-order valence-electron chi connectivity index (χ3n) is 4.67. The zero-order chi connectivity index (χ0) is 20.4. The monoisotopic (exact) mass is 388 g/mol. The van der Waals surface area contributed by atoms with Crippen LogP contribution in [0.2, 0.25) is 0 Å². The fourth-order valence-electron chi connectivity index (χ4n) is 3.17. The molecule has 1 aromatic carbocycles. The van der Waals surface area contributed by atoms with E-state index in [4.69, 9.17) is 4.74 Å². The summed E-state index contributed by atoms with van der Waals surface area (Å²) < 4.78 is 4.94. The van der Waals surface area contributed by atoms with Gasteiger partial charge in [-0.1, -0.05) is 31.4 Å². The summed E-state index contributed by atoms with van der Waals surface area (Å²) in [6.45, 7) is 1.04. The van der Waals surface area contributed by atoms with Gasteiger partial charge in [-0.25, -0.2) is 0 Å². The number of amides is 2. The predicted molar refractivity (Wildman–Crippen MR) is 105 cm³/mol. The van der Waals surface area contributed by atoms with Crippen molar-refractivity contribution in [1.29, 1.82) is 0 Å². The maximum absolute atomic E-state index is 11.9. The van der Waals surface area contributed by atoms with Gasteiger partial charge in [-0.2, -0.15) is 0 Å². The molecule has 1 aromatic rings. The summed E-state index contributed by atoms with van der Waals surface area (Å²) >= 11 is 0. The van der Waals surface area contributed by atoms with Crippen molar-refractivity contribution in [2.24, 2.45) is 0 Å². The van der Waals surface area contributed by atoms with E-state index in [0.717, 1.165) is 25.7 Å². The highest BCUT2D eigenvalue weighted by atomic mass is 16.5. The van der Waals surface area contributed by atoms with Crippen molar-refractivity contribution >= 4 is 29.3 Å². The van der Waals surface area contributed by atoms with Crippen LogP contribution in [0.5, 0.6) is 0 Å². The normalized spacial score (nSPS) is 14.2. The summed E-state index contributed by atoms with van der Waals surface area (Å²) in [5.74, 6) is -1.14. The van der Waals surface area contributed by atoms with Gasteiger partial charge in [-0.05, 0) is 38.3 Å². The number of hydrogen-bond acceptors (Lipinski definition) is 5. The largest absolute Gasteiger partial charge is 0.456 e. The highest BCUT2D eigenvalue weighted by molar-refractivity contribution is 5.97. The second-order valence-corrected chi connectivity index (χ2v) is 7.10. The average Bonchev–Trinajstić information content (AvgIpc) is 2.67. The molecule has 0 aromatic heterocycles. The molecule has 0 unspecified atom stereocenters. The van der Waals surface area contributed by atoms with Crippen LogP contribution in [0.15, 0.2) is 24.3 Å². The first-order valence-electron chi connectivity index (χ1n) is 9.80. The lowest BCUT2D eigenvalue weighted by Crippen LogP contribution is -2.36. The van der Waals surface area contributed by atoms with E-state index in [0.29, 0.717) is 17.7 Å². The molecule has 2 N–H and O–H groups in total. The fourth-order valence-corrected chi connectivity index (χ4v) is 3.17. The molecule has 28 heavy (non-hydrogen) atoms. The maximum atomic E-state index is 11.9. The van der Waals surface area contributed by atoms with E-state index in [1.165, 1.54) is 13.3 Å². The molecule has 7 heteroatoms. The maximum Gasteiger partial charge on any atom is 0.306 e. The van der Waals surface area contributed by atoms with Gasteiger partial charge in [-0.15, -0.1) is 0 Å². The van der Waals surface area contributed by atoms with Crippen molar-refractivity contribution in [2.45, 2.75) is 64.3 Å². The highest BCUT2D eigenvalue weighted by Crippen LogP contribution is 2.17. The number of esters is 1. The number of hydrogen-bond donors (Lipinski definition) is 2. The molecular formula is C21H28N2O5. The number of ether oxygens (including phenoxy) is 1. The Bertz CT molecular complexity index is 711. The number of Topliss-reactive ketones (excluding diaryl/α,β-unsaturated/α-hetero) is 1. The molecule has 1 aliphatic carbocycles. The van der Waals surface area contributed by atoms with E-state index < -0.39 is 18.5 Å². The van der Waals surface area contributed by atoms with Crippen LogP contribution in [0.4, 0.5) is 5.69 Å². The Balaban J connectivity index is 1.61. The molecule has 152 valence electrons. The quantitative estimate of drug-likeness (QED) is 0.500. The Kier molecular flexibility index (Phi) is 8.65. The molecule has 1 fully saturated rings. The number of nitrogens with one attached hydrogen (secondary N) is 2. The Morgan fingerprint density at radius 3 is 2.50 bits per heavy atom. The van der Waals surface area contributed by atoms with Crippen LogP contribution in [0.1, 0.15) is 68.6 Å². The topological polar surface area (TPSA) is 102 Å². The summed E-state index contributed by atoms with van der Waals surface area (Å²) in [5, 5.41) is 5.58.